The van der Waals surface area contributed by atoms with Gasteiger partial charge in [-0.05, 0) is 31.0 Å². The molecule has 0 amide bonds. The van der Waals surface area contributed by atoms with Crippen LogP contribution in [0.25, 0.3) is 0 Å². The van der Waals surface area contributed by atoms with E-state index in [4.69, 9.17) is 10.5 Å². The van der Waals surface area contributed by atoms with Gasteiger partial charge >= 0.3 is 5.97 Å². The molecule has 2 N–H and O–H groups in total. The Morgan fingerprint density at radius 2 is 2.12 bits per heavy atom. The number of ether oxygens (including phenoxy) is 1. The monoisotopic (exact) mass is 239 g/mol. The van der Waals surface area contributed by atoms with Crippen molar-refractivity contribution in [1.82, 2.24) is 0 Å². The fraction of sp³-hybridized carbons (Fsp3) is 0.462. The highest BCUT2D eigenvalue weighted by atomic mass is 19.1. The zero-order valence-corrected chi connectivity index (χ0v) is 10.3. The summed E-state index contributed by atoms with van der Waals surface area (Å²) in [6.45, 7) is 3.95. The number of nitrogens with two attached hydrogens (primary N) is 1. The Balaban J connectivity index is 2.69. The van der Waals surface area contributed by atoms with Gasteiger partial charge in [-0.25, -0.2) is 9.18 Å². The summed E-state index contributed by atoms with van der Waals surface area (Å²) in [6, 6.07) is 2.80. The molecule has 94 valence electrons. The zero-order valence-electron chi connectivity index (χ0n) is 10.3. The van der Waals surface area contributed by atoms with Gasteiger partial charge in [0.25, 0.3) is 0 Å². The lowest BCUT2D eigenvalue weighted by molar-refractivity contribution is 0.0492. The van der Waals surface area contributed by atoms with Gasteiger partial charge in [-0.15, -0.1) is 0 Å². The first-order valence-corrected chi connectivity index (χ1v) is 5.79. The molecule has 1 aromatic carbocycles. The van der Waals surface area contributed by atoms with E-state index in [9.17, 15) is 9.18 Å². The molecule has 1 aromatic rings. The van der Waals surface area contributed by atoms with Crippen molar-refractivity contribution in [2.45, 2.75) is 33.1 Å². The Kier molecular flexibility index (Phi) is 4.94. The number of hydrogen-bond donors (Lipinski definition) is 1. The lowest BCUT2D eigenvalue weighted by Gasteiger charge is -2.07. The van der Waals surface area contributed by atoms with Crippen molar-refractivity contribution in [3.63, 3.8) is 0 Å². The van der Waals surface area contributed by atoms with Crippen molar-refractivity contribution < 1.29 is 13.9 Å². The highest BCUT2D eigenvalue weighted by Gasteiger charge is 2.15. The van der Waals surface area contributed by atoms with E-state index in [1.54, 1.807) is 6.92 Å². The van der Waals surface area contributed by atoms with E-state index < -0.39 is 11.8 Å². The molecule has 0 bridgehead atoms. The fourth-order valence-electron chi connectivity index (χ4n) is 1.54. The Morgan fingerprint density at radius 1 is 1.41 bits per heavy atom. The van der Waals surface area contributed by atoms with Crippen molar-refractivity contribution in [3.8, 4) is 0 Å². The van der Waals surface area contributed by atoms with Gasteiger partial charge in [0.15, 0.2) is 0 Å². The average Bonchev–Trinajstić information content (AvgIpc) is 2.29. The molecule has 0 spiro atoms. The normalized spacial score (nSPS) is 10.3. The van der Waals surface area contributed by atoms with E-state index in [0.717, 1.165) is 19.3 Å². The van der Waals surface area contributed by atoms with Crippen molar-refractivity contribution in [2.75, 3.05) is 12.3 Å². The van der Waals surface area contributed by atoms with Crippen molar-refractivity contribution in [1.29, 1.82) is 0 Å². The molecule has 0 radical (unpaired) electrons. The number of rotatable bonds is 5. The number of anilines is 1. The van der Waals surface area contributed by atoms with Crippen LogP contribution in [0.4, 0.5) is 10.1 Å². The van der Waals surface area contributed by atoms with E-state index in [-0.39, 0.29) is 5.56 Å². The first-order valence-electron chi connectivity index (χ1n) is 5.79. The maximum atomic E-state index is 13.7. The first-order chi connectivity index (χ1) is 8.06. The minimum absolute atomic E-state index is 0.0843. The van der Waals surface area contributed by atoms with E-state index in [1.165, 1.54) is 12.1 Å². The topological polar surface area (TPSA) is 52.3 Å². The average molecular weight is 239 g/mol. The standard InChI is InChI=1S/C13H18FNO2/c1-3-4-5-6-17-13(16)11-8-10(15)7-9(2)12(11)14/h7-8H,3-6,15H2,1-2H3. The van der Waals surface area contributed by atoms with E-state index in [1.807, 2.05) is 0 Å². The maximum Gasteiger partial charge on any atom is 0.341 e. The maximum absolute atomic E-state index is 13.7. The van der Waals surface area contributed by atoms with Crippen LogP contribution in [-0.2, 0) is 4.74 Å². The van der Waals surface area contributed by atoms with Crippen LogP contribution < -0.4 is 5.73 Å². The van der Waals surface area contributed by atoms with Crippen LogP contribution in [0, 0.1) is 12.7 Å². The van der Waals surface area contributed by atoms with E-state index >= 15 is 0 Å². The van der Waals surface area contributed by atoms with Gasteiger partial charge in [0.1, 0.15) is 5.82 Å². The Bertz CT molecular complexity index is 405. The molecular weight excluding hydrogens is 221 g/mol. The third-order valence-corrected chi connectivity index (χ3v) is 2.48. The number of benzene rings is 1. The summed E-state index contributed by atoms with van der Waals surface area (Å²) in [5.74, 6) is -1.20. The number of unbranched alkanes of at least 4 members (excludes halogenated alkanes) is 2. The van der Waals surface area contributed by atoms with Crippen LogP contribution in [0.15, 0.2) is 12.1 Å². The van der Waals surface area contributed by atoms with Crippen molar-refractivity contribution in [3.05, 3.63) is 29.1 Å². The molecule has 0 saturated carbocycles. The molecule has 0 aliphatic carbocycles. The Hall–Kier alpha value is -1.58. The number of halogens is 1. The quantitative estimate of drug-likeness (QED) is 0.488. The summed E-state index contributed by atoms with van der Waals surface area (Å²) in [5.41, 5.74) is 6.20. The molecule has 0 atom stereocenters. The van der Waals surface area contributed by atoms with Crippen molar-refractivity contribution >= 4 is 11.7 Å². The van der Waals surface area contributed by atoms with Gasteiger partial charge in [0.2, 0.25) is 0 Å². The zero-order chi connectivity index (χ0) is 12.8. The minimum Gasteiger partial charge on any atom is -0.462 e. The molecule has 0 aliphatic rings. The lowest BCUT2D eigenvalue weighted by atomic mass is 10.1. The number of aryl methyl sites for hydroxylation is 1. The molecule has 0 aliphatic heterocycles. The number of esters is 1. The molecule has 0 unspecified atom stereocenters. The van der Waals surface area contributed by atoms with Crippen molar-refractivity contribution in [2.24, 2.45) is 0 Å². The number of carbonyl (C=O) groups is 1. The highest BCUT2D eigenvalue weighted by molar-refractivity contribution is 5.91. The molecule has 0 aromatic heterocycles. The molecule has 1 rings (SSSR count). The number of carbonyl (C=O) groups excluding carboxylic acids is 1. The second-order valence-corrected chi connectivity index (χ2v) is 4.04. The van der Waals surface area contributed by atoms with Gasteiger partial charge in [-0.1, -0.05) is 19.8 Å². The predicted molar refractivity (Wildman–Crippen MR) is 65.4 cm³/mol. The van der Waals surface area contributed by atoms with Crippen LogP contribution in [-0.4, -0.2) is 12.6 Å². The Labute approximate surface area is 101 Å². The van der Waals surface area contributed by atoms with Gasteiger partial charge in [0, 0.05) is 5.69 Å². The predicted octanol–water partition coefficient (Wildman–Crippen LogP) is 3.06. The lowest BCUT2D eigenvalue weighted by Crippen LogP contribution is -2.10. The number of nitrogen functional groups attached to an aromatic ring is 1. The van der Waals surface area contributed by atoms with Gasteiger partial charge in [-0.2, -0.15) is 0 Å². The third kappa shape index (κ3) is 3.73. The van der Waals surface area contributed by atoms with E-state index in [2.05, 4.69) is 6.92 Å². The van der Waals surface area contributed by atoms with Crippen LogP contribution in [0.1, 0.15) is 42.1 Å². The minimum atomic E-state index is -0.644. The summed E-state index contributed by atoms with van der Waals surface area (Å²) in [7, 11) is 0. The third-order valence-electron chi connectivity index (χ3n) is 2.48. The smallest absolute Gasteiger partial charge is 0.341 e. The second-order valence-electron chi connectivity index (χ2n) is 4.04. The van der Waals surface area contributed by atoms with Crippen LogP contribution >= 0.6 is 0 Å². The molecule has 4 heteroatoms. The molecule has 0 saturated heterocycles. The molecule has 0 heterocycles. The molecular formula is C13H18FNO2. The molecule has 3 nitrogen and oxygen atoms in total. The van der Waals surface area contributed by atoms with Crippen LogP contribution in [0.2, 0.25) is 0 Å². The second kappa shape index (κ2) is 6.23. The first kappa shape index (κ1) is 13.5. The summed E-state index contributed by atoms with van der Waals surface area (Å²) in [5, 5.41) is 0. The fourth-order valence-corrected chi connectivity index (χ4v) is 1.54. The Morgan fingerprint density at radius 3 is 2.76 bits per heavy atom. The molecule has 0 fully saturated rings. The summed E-state index contributed by atoms with van der Waals surface area (Å²) >= 11 is 0. The summed E-state index contributed by atoms with van der Waals surface area (Å²) in [4.78, 5) is 11.6. The van der Waals surface area contributed by atoms with Crippen LogP contribution in [0.3, 0.4) is 0 Å². The highest BCUT2D eigenvalue weighted by Crippen LogP contribution is 2.18. The molecule has 17 heavy (non-hydrogen) atoms. The largest absolute Gasteiger partial charge is 0.462 e. The van der Waals surface area contributed by atoms with Gasteiger partial charge in [-0.3, -0.25) is 0 Å². The summed E-state index contributed by atoms with van der Waals surface area (Å²) < 4.78 is 18.6. The van der Waals surface area contributed by atoms with Gasteiger partial charge in [0.05, 0.1) is 12.2 Å². The van der Waals surface area contributed by atoms with Gasteiger partial charge < -0.3 is 10.5 Å². The summed E-state index contributed by atoms with van der Waals surface area (Å²) in [6.07, 6.45) is 2.83. The van der Waals surface area contributed by atoms with Crippen LogP contribution in [0.5, 0.6) is 0 Å². The van der Waals surface area contributed by atoms with E-state index in [0.29, 0.717) is 17.9 Å². The number of hydrogen-bond acceptors (Lipinski definition) is 3. The SMILES string of the molecule is CCCCCOC(=O)c1cc(N)cc(C)c1F.